The molecule has 0 saturated heterocycles. The van der Waals surface area contributed by atoms with E-state index in [0.29, 0.717) is 0 Å². The van der Waals surface area contributed by atoms with Gasteiger partial charge in [0.05, 0.1) is 0 Å². The topological polar surface area (TPSA) is 26.0 Å². The number of hydrogen-bond acceptors (Lipinski definition) is 1. The van der Waals surface area contributed by atoms with E-state index < -0.39 is 9.13 Å². The SMILES string of the molecule is CCCN.C[SiH](C)F. The van der Waals surface area contributed by atoms with Gasteiger partial charge in [0.25, 0.3) is 0 Å². The van der Waals surface area contributed by atoms with Crippen LogP contribution in [0.3, 0.4) is 0 Å². The molecule has 0 atom stereocenters. The standard InChI is InChI=1S/C3H9N.C2H7FSi/c1-2-3-4;1-4(2)3/h2-4H2,1H3;4H,1-2H3. The maximum Gasteiger partial charge on any atom is 0.225 e. The summed E-state index contributed by atoms with van der Waals surface area (Å²) in [4.78, 5) is 0. The molecule has 8 heavy (non-hydrogen) atoms. The van der Waals surface area contributed by atoms with Crippen LogP contribution in [0, 0.1) is 0 Å². The highest BCUT2D eigenvalue weighted by atomic mass is 28.3. The summed E-state index contributed by atoms with van der Waals surface area (Å²) in [5, 5.41) is 0. The number of hydrogen-bond donors (Lipinski definition) is 1. The van der Waals surface area contributed by atoms with E-state index >= 15 is 0 Å². The zero-order chi connectivity index (χ0) is 6.99. The summed E-state index contributed by atoms with van der Waals surface area (Å²) < 4.78 is 11.1. The van der Waals surface area contributed by atoms with Gasteiger partial charge in [-0.25, -0.2) is 0 Å². The van der Waals surface area contributed by atoms with Crippen LogP contribution in [0.1, 0.15) is 13.3 Å². The fourth-order valence-corrected chi connectivity index (χ4v) is 0. The van der Waals surface area contributed by atoms with Crippen LogP contribution in [0.5, 0.6) is 0 Å². The Morgan fingerprint density at radius 3 is 1.62 bits per heavy atom. The van der Waals surface area contributed by atoms with Crippen LogP contribution in [-0.2, 0) is 0 Å². The Morgan fingerprint density at radius 2 is 1.62 bits per heavy atom. The Kier molecular flexibility index (Phi) is 13.9. The minimum Gasteiger partial charge on any atom is -0.330 e. The lowest BCUT2D eigenvalue weighted by molar-refractivity contribution is 0.847. The molecule has 0 aliphatic carbocycles. The average Bonchev–Trinajstić information content (AvgIpc) is 1.65. The monoisotopic (exact) mass is 137 g/mol. The lowest BCUT2D eigenvalue weighted by Crippen LogP contribution is -1.93. The quantitative estimate of drug-likeness (QED) is 0.428. The molecule has 3 heteroatoms. The molecule has 0 bridgehead atoms. The van der Waals surface area contributed by atoms with Crippen LogP contribution < -0.4 is 5.73 Å². The van der Waals surface area contributed by atoms with Crippen molar-refractivity contribution in [2.75, 3.05) is 6.54 Å². The van der Waals surface area contributed by atoms with Gasteiger partial charge < -0.3 is 9.84 Å². The second-order valence-corrected chi connectivity index (χ2v) is 3.83. The van der Waals surface area contributed by atoms with E-state index in [1.54, 1.807) is 13.1 Å². The fourth-order valence-electron chi connectivity index (χ4n) is 0. The van der Waals surface area contributed by atoms with Crippen LogP contribution in [0.15, 0.2) is 0 Å². The first kappa shape index (κ1) is 11.0. The van der Waals surface area contributed by atoms with Crippen molar-refractivity contribution >= 4 is 9.13 Å². The predicted octanol–water partition coefficient (Wildman–Crippen LogP) is 1.29. The van der Waals surface area contributed by atoms with Crippen LogP contribution in [0.2, 0.25) is 13.1 Å². The number of nitrogens with two attached hydrogens (primary N) is 1. The normalized spacial score (nSPS) is 8.25. The van der Waals surface area contributed by atoms with Crippen molar-refractivity contribution in [2.24, 2.45) is 5.73 Å². The molecule has 0 rings (SSSR count). The lowest BCUT2D eigenvalue weighted by Gasteiger charge is -1.70. The van der Waals surface area contributed by atoms with Crippen molar-refractivity contribution in [3.63, 3.8) is 0 Å². The van der Waals surface area contributed by atoms with E-state index in [4.69, 9.17) is 5.73 Å². The Hall–Kier alpha value is 0.107. The van der Waals surface area contributed by atoms with Crippen molar-refractivity contribution in [3.05, 3.63) is 0 Å². The number of halogens is 1. The Balaban J connectivity index is 0. The van der Waals surface area contributed by atoms with Gasteiger partial charge in [0.1, 0.15) is 0 Å². The summed E-state index contributed by atoms with van der Waals surface area (Å²) in [5.41, 5.74) is 5.03. The van der Waals surface area contributed by atoms with E-state index in [1.807, 2.05) is 0 Å². The molecule has 0 aromatic carbocycles. The lowest BCUT2D eigenvalue weighted by atomic mass is 10.5. The molecule has 0 amide bonds. The highest BCUT2D eigenvalue weighted by Crippen LogP contribution is 1.72. The molecule has 2 N–H and O–H groups in total. The molecule has 0 aromatic rings. The average molecular weight is 137 g/mol. The van der Waals surface area contributed by atoms with E-state index in [9.17, 15) is 4.11 Å². The first-order chi connectivity index (χ1) is 3.65. The van der Waals surface area contributed by atoms with Gasteiger partial charge in [-0.15, -0.1) is 0 Å². The van der Waals surface area contributed by atoms with Crippen molar-refractivity contribution in [3.8, 4) is 0 Å². The largest absolute Gasteiger partial charge is 0.330 e. The van der Waals surface area contributed by atoms with Crippen molar-refractivity contribution in [2.45, 2.75) is 26.4 Å². The van der Waals surface area contributed by atoms with Gasteiger partial charge in [-0.2, -0.15) is 0 Å². The van der Waals surface area contributed by atoms with Crippen LogP contribution in [0.4, 0.5) is 4.11 Å². The van der Waals surface area contributed by atoms with E-state index in [1.165, 1.54) is 0 Å². The third-order valence-corrected chi connectivity index (χ3v) is 0.289. The van der Waals surface area contributed by atoms with Gasteiger partial charge in [-0.05, 0) is 26.1 Å². The predicted molar refractivity (Wildman–Crippen MR) is 39.3 cm³/mol. The molecule has 0 aliphatic rings. The third-order valence-electron chi connectivity index (χ3n) is 0.289. The van der Waals surface area contributed by atoms with Crippen LogP contribution >= 0.6 is 0 Å². The molecular formula is C5H16FNSi. The first-order valence-corrected chi connectivity index (χ1v) is 5.73. The highest BCUT2D eigenvalue weighted by molar-refractivity contribution is 6.47. The summed E-state index contributed by atoms with van der Waals surface area (Å²) in [6.45, 7) is 6.15. The van der Waals surface area contributed by atoms with Gasteiger partial charge >= 0.3 is 0 Å². The Bertz CT molecular complexity index is 28.9. The minimum absolute atomic E-state index is 0.819. The summed E-state index contributed by atoms with van der Waals surface area (Å²) in [6, 6.07) is 0. The highest BCUT2D eigenvalue weighted by Gasteiger charge is 1.79. The van der Waals surface area contributed by atoms with Crippen molar-refractivity contribution < 1.29 is 4.11 Å². The fraction of sp³-hybridized carbons (Fsp3) is 1.00. The van der Waals surface area contributed by atoms with Crippen molar-refractivity contribution in [1.82, 2.24) is 0 Å². The molecule has 0 aromatic heterocycles. The van der Waals surface area contributed by atoms with Gasteiger partial charge in [-0.1, -0.05) is 6.92 Å². The molecule has 0 radical (unpaired) electrons. The molecule has 0 heterocycles. The Labute approximate surface area is 52.9 Å². The molecule has 0 aliphatic heterocycles. The first-order valence-electron chi connectivity index (χ1n) is 2.99. The molecule has 0 saturated carbocycles. The second kappa shape index (κ2) is 10.2. The minimum atomic E-state index is -1.64. The van der Waals surface area contributed by atoms with E-state index in [0.717, 1.165) is 13.0 Å². The molecule has 0 unspecified atom stereocenters. The smallest absolute Gasteiger partial charge is 0.225 e. The van der Waals surface area contributed by atoms with Gasteiger partial charge in [0.2, 0.25) is 9.13 Å². The van der Waals surface area contributed by atoms with Crippen molar-refractivity contribution in [1.29, 1.82) is 0 Å². The Morgan fingerprint density at radius 1 is 1.50 bits per heavy atom. The number of rotatable bonds is 1. The van der Waals surface area contributed by atoms with Crippen LogP contribution in [-0.4, -0.2) is 15.7 Å². The summed E-state index contributed by atoms with van der Waals surface area (Å²) in [6.07, 6.45) is 1.10. The zero-order valence-corrected chi connectivity index (χ0v) is 7.10. The maximum absolute atomic E-state index is 11.1. The molecular weight excluding hydrogens is 121 g/mol. The maximum atomic E-state index is 11.1. The second-order valence-electron chi connectivity index (χ2n) is 1.80. The molecule has 52 valence electrons. The zero-order valence-electron chi connectivity index (χ0n) is 5.95. The summed E-state index contributed by atoms with van der Waals surface area (Å²) in [5.74, 6) is 0. The van der Waals surface area contributed by atoms with Gasteiger partial charge in [0, 0.05) is 0 Å². The van der Waals surface area contributed by atoms with Gasteiger partial charge in [0.15, 0.2) is 0 Å². The van der Waals surface area contributed by atoms with E-state index in [2.05, 4.69) is 6.92 Å². The molecule has 0 fully saturated rings. The summed E-state index contributed by atoms with van der Waals surface area (Å²) in [7, 11) is -1.64. The van der Waals surface area contributed by atoms with E-state index in [-0.39, 0.29) is 0 Å². The summed E-state index contributed by atoms with van der Waals surface area (Å²) >= 11 is 0. The molecule has 1 nitrogen and oxygen atoms in total. The van der Waals surface area contributed by atoms with Crippen LogP contribution in [0.25, 0.3) is 0 Å². The third kappa shape index (κ3) is 130. The molecule has 0 spiro atoms. The van der Waals surface area contributed by atoms with Gasteiger partial charge in [-0.3, -0.25) is 0 Å².